The molecule has 16 heavy (non-hydrogen) atoms. The number of rotatable bonds is 2. The number of fused-ring (bicyclic) bond motifs is 1. The van der Waals surface area contributed by atoms with Gasteiger partial charge in [0.05, 0.1) is 18.4 Å². The summed E-state index contributed by atoms with van der Waals surface area (Å²) < 4.78 is 3.71. The highest BCUT2D eigenvalue weighted by Crippen LogP contribution is 2.08. The van der Waals surface area contributed by atoms with Crippen molar-refractivity contribution in [1.29, 1.82) is 0 Å². The largest absolute Gasteiger partial charge is 0.384 e. The zero-order valence-electron chi connectivity index (χ0n) is 8.61. The molecule has 0 bridgehead atoms. The van der Waals surface area contributed by atoms with Crippen molar-refractivity contribution in [3.63, 3.8) is 0 Å². The summed E-state index contributed by atoms with van der Waals surface area (Å²) in [5.74, 6) is 0.650. The molecule has 0 saturated carbocycles. The van der Waals surface area contributed by atoms with Crippen molar-refractivity contribution in [2.45, 2.75) is 6.54 Å². The predicted octanol–water partition coefficient (Wildman–Crippen LogP) is 1.16. The molecule has 0 aromatic carbocycles. The van der Waals surface area contributed by atoms with Crippen LogP contribution >= 0.6 is 0 Å². The van der Waals surface area contributed by atoms with E-state index in [0.717, 1.165) is 11.3 Å². The van der Waals surface area contributed by atoms with Crippen LogP contribution in [0.2, 0.25) is 0 Å². The molecule has 3 aromatic rings. The summed E-state index contributed by atoms with van der Waals surface area (Å²) in [5.41, 5.74) is 7.63. The van der Waals surface area contributed by atoms with Gasteiger partial charge in [-0.25, -0.2) is 9.67 Å². The van der Waals surface area contributed by atoms with E-state index in [9.17, 15) is 0 Å². The number of hydrogen-bond donors (Lipinski definition) is 1. The molecule has 0 saturated heterocycles. The van der Waals surface area contributed by atoms with Gasteiger partial charge >= 0.3 is 0 Å². The second-order valence-electron chi connectivity index (χ2n) is 3.61. The Morgan fingerprint density at radius 2 is 2.19 bits per heavy atom. The fraction of sp³-hybridized carbons (Fsp3) is 0.0909. The summed E-state index contributed by atoms with van der Waals surface area (Å²) in [6.07, 6.45) is 5.64. The van der Waals surface area contributed by atoms with Gasteiger partial charge in [-0.1, -0.05) is 6.07 Å². The van der Waals surface area contributed by atoms with Crippen LogP contribution in [-0.2, 0) is 6.54 Å². The van der Waals surface area contributed by atoms with E-state index in [2.05, 4.69) is 10.1 Å². The molecular weight excluding hydrogens is 202 g/mol. The summed E-state index contributed by atoms with van der Waals surface area (Å²) in [6, 6.07) is 7.68. The predicted molar refractivity (Wildman–Crippen MR) is 60.9 cm³/mol. The first-order chi connectivity index (χ1) is 7.83. The molecule has 5 nitrogen and oxygen atoms in total. The van der Waals surface area contributed by atoms with Gasteiger partial charge in [-0.3, -0.25) is 0 Å². The maximum Gasteiger partial charge on any atom is 0.137 e. The molecule has 2 N–H and O–H groups in total. The number of hydrogen-bond acceptors (Lipinski definition) is 3. The van der Waals surface area contributed by atoms with Gasteiger partial charge in [0.2, 0.25) is 0 Å². The van der Waals surface area contributed by atoms with E-state index < -0.39 is 0 Å². The Balaban J connectivity index is 1.98. The lowest BCUT2D eigenvalue weighted by Gasteiger charge is -1.99. The topological polar surface area (TPSA) is 61.1 Å². The molecule has 0 radical (unpaired) electrons. The monoisotopic (exact) mass is 213 g/mol. The highest BCUT2D eigenvalue weighted by atomic mass is 15.3. The van der Waals surface area contributed by atoms with Crippen LogP contribution in [0, 0.1) is 0 Å². The van der Waals surface area contributed by atoms with Gasteiger partial charge < -0.3 is 10.1 Å². The maximum atomic E-state index is 5.75. The lowest BCUT2D eigenvalue weighted by molar-refractivity contribution is 0.686. The molecule has 3 heterocycles. The van der Waals surface area contributed by atoms with E-state index in [-0.39, 0.29) is 0 Å². The summed E-state index contributed by atoms with van der Waals surface area (Å²) in [7, 11) is 0. The Morgan fingerprint density at radius 1 is 1.25 bits per heavy atom. The van der Waals surface area contributed by atoms with E-state index in [1.807, 2.05) is 35.0 Å². The lowest BCUT2D eigenvalue weighted by Crippen LogP contribution is -2.05. The van der Waals surface area contributed by atoms with Gasteiger partial charge in [-0.15, -0.1) is 0 Å². The van der Waals surface area contributed by atoms with Gasteiger partial charge in [-0.2, -0.15) is 5.10 Å². The second kappa shape index (κ2) is 3.37. The Morgan fingerprint density at radius 3 is 2.94 bits per heavy atom. The van der Waals surface area contributed by atoms with Crippen molar-refractivity contribution in [3.05, 3.63) is 48.5 Å². The summed E-state index contributed by atoms with van der Waals surface area (Å²) in [6.45, 7) is 0.598. The van der Waals surface area contributed by atoms with E-state index in [0.29, 0.717) is 12.4 Å². The van der Waals surface area contributed by atoms with Gasteiger partial charge in [0, 0.05) is 12.4 Å². The van der Waals surface area contributed by atoms with Gasteiger partial charge in [0.1, 0.15) is 11.5 Å². The van der Waals surface area contributed by atoms with Crippen molar-refractivity contribution >= 4 is 11.5 Å². The number of nitrogens with two attached hydrogens (primary N) is 1. The quantitative estimate of drug-likeness (QED) is 0.695. The van der Waals surface area contributed by atoms with Crippen LogP contribution in [0.5, 0.6) is 0 Å². The van der Waals surface area contributed by atoms with Crippen LogP contribution in [-0.4, -0.2) is 19.2 Å². The van der Waals surface area contributed by atoms with Crippen LogP contribution in [0.3, 0.4) is 0 Å². The Kier molecular flexibility index (Phi) is 1.89. The molecule has 0 spiro atoms. The van der Waals surface area contributed by atoms with Crippen molar-refractivity contribution < 1.29 is 0 Å². The molecule has 0 atom stereocenters. The van der Waals surface area contributed by atoms with Crippen LogP contribution in [0.25, 0.3) is 5.65 Å². The Labute approximate surface area is 92.1 Å². The third-order valence-electron chi connectivity index (χ3n) is 2.48. The summed E-state index contributed by atoms with van der Waals surface area (Å²) in [4.78, 5) is 4.48. The van der Waals surface area contributed by atoms with E-state index >= 15 is 0 Å². The summed E-state index contributed by atoms with van der Waals surface area (Å²) in [5, 5.41) is 4.12. The average Bonchev–Trinajstić information content (AvgIpc) is 2.85. The van der Waals surface area contributed by atoms with Crippen LogP contribution < -0.4 is 5.73 Å². The molecule has 0 unspecified atom stereocenters. The third-order valence-corrected chi connectivity index (χ3v) is 2.48. The number of nitrogens with zero attached hydrogens (tertiary/aromatic N) is 4. The number of nitrogen functional groups attached to an aromatic ring is 1. The molecule has 0 aliphatic carbocycles. The molecule has 3 rings (SSSR count). The van der Waals surface area contributed by atoms with Crippen molar-refractivity contribution in [2.75, 3.05) is 5.73 Å². The van der Waals surface area contributed by atoms with Crippen molar-refractivity contribution in [3.8, 4) is 0 Å². The minimum absolute atomic E-state index is 0.598. The minimum Gasteiger partial charge on any atom is -0.384 e. The van der Waals surface area contributed by atoms with E-state index in [4.69, 9.17) is 5.73 Å². The first kappa shape index (κ1) is 8.96. The third kappa shape index (κ3) is 1.42. The van der Waals surface area contributed by atoms with E-state index in [1.165, 1.54) is 0 Å². The summed E-state index contributed by atoms with van der Waals surface area (Å²) >= 11 is 0. The number of anilines is 1. The maximum absolute atomic E-state index is 5.75. The van der Waals surface area contributed by atoms with E-state index in [1.54, 1.807) is 16.9 Å². The highest BCUT2D eigenvalue weighted by Gasteiger charge is 2.03. The zero-order chi connectivity index (χ0) is 11.0. The Hall–Kier alpha value is -2.30. The zero-order valence-corrected chi connectivity index (χ0v) is 8.61. The van der Waals surface area contributed by atoms with Crippen molar-refractivity contribution in [1.82, 2.24) is 19.2 Å². The fourth-order valence-corrected chi connectivity index (χ4v) is 1.69. The highest BCUT2D eigenvalue weighted by molar-refractivity contribution is 5.39. The Bertz CT molecular complexity index is 589. The van der Waals surface area contributed by atoms with Gasteiger partial charge in [0.15, 0.2) is 0 Å². The normalized spacial score (nSPS) is 11.0. The smallest absolute Gasteiger partial charge is 0.137 e. The first-order valence-electron chi connectivity index (χ1n) is 5.03. The average molecular weight is 213 g/mol. The molecule has 80 valence electrons. The van der Waals surface area contributed by atoms with Gasteiger partial charge in [-0.05, 0) is 18.2 Å². The van der Waals surface area contributed by atoms with Gasteiger partial charge in [0.25, 0.3) is 0 Å². The molecule has 0 aliphatic heterocycles. The van der Waals surface area contributed by atoms with Crippen LogP contribution in [0.1, 0.15) is 5.69 Å². The minimum atomic E-state index is 0.598. The number of imidazole rings is 1. The molecule has 0 fully saturated rings. The first-order valence-corrected chi connectivity index (χ1v) is 5.03. The molecule has 5 heteroatoms. The number of pyridine rings is 1. The molecule has 0 aliphatic rings. The number of aromatic nitrogens is 4. The lowest BCUT2D eigenvalue weighted by atomic mass is 10.5. The van der Waals surface area contributed by atoms with Crippen molar-refractivity contribution in [2.24, 2.45) is 0 Å². The molecule has 0 amide bonds. The molecular formula is C11H11N5. The molecule has 3 aromatic heterocycles. The fourth-order valence-electron chi connectivity index (χ4n) is 1.69. The SMILES string of the molecule is Nc1ccnn1Cc1cn2ccccc2n1. The van der Waals surface area contributed by atoms with Crippen LogP contribution in [0.4, 0.5) is 5.82 Å². The standard InChI is InChI=1S/C11H11N5/c12-10-4-5-13-16(10)8-9-7-15-6-2-1-3-11(15)14-9/h1-7H,8,12H2. The second-order valence-corrected chi connectivity index (χ2v) is 3.61. The van der Waals surface area contributed by atoms with Crippen LogP contribution in [0.15, 0.2) is 42.9 Å².